The molecule has 26 heavy (non-hydrogen) atoms. The smallest absolute Gasteiger partial charge is 0.272 e. The number of nitrogens with one attached hydrogen (secondary N) is 2. The van der Waals surface area contributed by atoms with Gasteiger partial charge in [0.1, 0.15) is 5.69 Å². The van der Waals surface area contributed by atoms with Crippen molar-refractivity contribution in [3.63, 3.8) is 0 Å². The van der Waals surface area contributed by atoms with Gasteiger partial charge in [0.25, 0.3) is 5.91 Å². The summed E-state index contributed by atoms with van der Waals surface area (Å²) in [7, 11) is 0. The van der Waals surface area contributed by atoms with E-state index in [-0.39, 0.29) is 0 Å². The third-order valence-corrected chi connectivity index (χ3v) is 3.83. The molecule has 3 rings (SSSR count). The molecule has 0 spiro atoms. The molecule has 0 radical (unpaired) electrons. The minimum Gasteiger partial charge on any atom is -0.272 e. The Labute approximate surface area is 156 Å². The zero-order chi connectivity index (χ0) is 18.4. The minimum atomic E-state index is -0.392. The monoisotopic (exact) mass is 364 g/mol. The second kappa shape index (κ2) is 8.27. The molecule has 0 aliphatic heterocycles. The van der Waals surface area contributed by atoms with E-state index in [0.29, 0.717) is 16.4 Å². The predicted molar refractivity (Wildman–Crippen MR) is 105 cm³/mol. The molecule has 2 aromatic carbocycles. The molecule has 5 nitrogen and oxygen atoms in total. The van der Waals surface area contributed by atoms with E-state index >= 15 is 0 Å². The Kier molecular flexibility index (Phi) is 5.61. The summed E-state index contributed by atoms with van der Waals surface area (Å²) in [6, 6.07) is 19.2. The molecule has 130 valence electrons. The standard InChI is InChI=1S/C20H17ClN4O/c1-14-7-9-16(10-8-14)18-12-19(24-23-18)20(26)25-22-13-17(21)11-15-5-3-2-4-6-15/h2-13H,1H3,(H,23,24)(H,25,26). The molecule has 1 heterocycles. The van der Waals surface area contributed by atoms with Gasteiger partial charge in [-0.3, -0.25) is 9.89 Å². The number of hydrogen-bond donors (Lipinski definition) is 2. The van der Waals surface area contributed by atoms with Crippen molar-refractivity contribution in [3.8, 4) is 11.3 Å². The zero-order valence-electron chi connectivity index (χ0n) is 14.1. The van der Waals surface area contributed by atoms with Crippen LogP contribution in [0.2, 0.25) is 0 Å². The number of aromatic nitrogens is 2. The van der Waals surface area contributed by atoms with Gasteiger partial charge in [-0.15, -0.1) is 0 Å². The molecule has 6 heteroatoms. The van der Waals surface area contributed by atoms with Crippen molar-refractivity contribution in [1.82, 2.24) is 15.6 Å². The van der Waals surface area contributed by atoms with Crippen LogP contribution < -0.4 is 5.43 Å². The van der Waals surface area contributed by atoms with Gasteiger partial charge in [-0.05, 0) is 24.6 Å². The quantitative estimate of drug-likeness (QED) is 0.521. The van der Waals surface area contributed by atoms with Crippen molar-refractivity contribution in [2.24, 2.45) is 5.10 Å². The highest BCUT2D eigenvalue weighted by atomic mass is 35.5. The van der Waals surface area contributed by atoms with E-state index in [4.69, 9.17) is 11.6 Å². The summed E-state index contributed by atoms with van der Waals surface area (Å²) in [6.07, 6.45) is 3.13. The number of amides is 1. The summed E-state index contributed by atoms with van der Waals surface area (Å²) in [6.45, 7) is 2.02. The molecule has 2 N–H and O–H groups in total. The van der Waals surface area contributed by atoms with E-state index in [1.807, 2.05) is 61.5 Å². The molecule has 3 aromatic rings. The lowest BCUT2D eigenvalue weighted by atomic mass is 10.1. The van der Waals surface area contributed by atoms with E-state index in [1.54, 1.807) is 12.1 Å². The highest BCUT2D eigenvalue weighted by molar-refractivity contribution is 6.41. The molecule has 0 unspecified atom stereocenters. The van der Waals surface area contributed by atoms with Gasteiger partial charge < -0.3 is 0 Å². The molecular formula is C20H17ClN4O. The van der Waals surface area contributed by atoms with Gasteiger partial charge >= 0.3 is 0 Å². The van der Waals surface area contributed by atoms with Crippen molar-refractivity contribution in [3.05, 3.63) is 82.5 Å². The first-order valence-corrected chi connectivity index (χ1v) is 8.38. The zero-order valence-corrected chi connectivity index (χ0v) is 14.9. The van der Waals surface area contributed by atoms with Gasteiger partial charge in [0.2, 0.25) is 0 Å². The number of carbonyl (C=O) groups excluding carboxylic acids is 1. The Bertz CT molecular complexity index is 943. The van der Waals surface area contributed by atoms with E-state index in [2.05, 4.69) is 20.7 Å². The second-order valence-electron chi connectivity index (χ2n) is 5.67. The summed E-state index contributed by atoms with van der Waals surface area (Å²) in [5, 5.41) is 11.1. The normalized spacial score (nSPS) is 11.7. The number of hydrazone groups is 1. The number of nitrogens with zero attached hydrogens (tertiary/aromatic N) is 2. The van der Waals surface area contributed by atoms with Crippen LogP contribution in [-0.2, 0) is 0 Å². The number of rotatable bonds is 5. The number of halogens is 1. The van der Waals surface area contributed by atoms with Crippen LogP contribution in [0.25, 0.3) is 17.3 Å². The number of hydrogen-bond acceptors (Lipinski definition) is 3. The van der Waals surface area contributed by atoms with E-state index in [1.165, 1.54) is 6.21 Å². The van der Waals surface area contributed by atoms with Crippen molar-refractivity contribution >= 4 is 29.8 Å². The first-order chi connectivity index (χ1) is 12.6. The SMILES string of the molecule is Cc1ccc(-c2cc(C(=O)NN=CC(Cl)=Cc3ccccc3)[nH]n2)cc1. The Balaban J connectivity index is 1.62. The van der Waals surface area contributed by atoms with Crippen LogP contribution in [0.5, 0.6) is 0 Å². The van der Waals surface area contributed by atoms with Gasteiger partial charge in [0, 0.05) is 5.56 Å². The maximum atomic E-state index is 12.1. The minimum absolute atomic E-state index is 0.320. The molecule has 0 saturated carbocycles. The lowest BCUT2D eigenvalue weighted by molar-refractivity contribution is 0.0950. The lowest BCUT2D eigenvalue weighted by Crippen LogP contribution is -2.17. The van der Waals surface area contributed by atoms with Crippen LogP contribution in [0, 0.1) is 6.92 Å². The van der Waals surface area contributed by atoms with E-state index < -0.39 is 5.91 Å². The maximum absolute atomic E-state index is 12.1. The largest absolute Gasteiger partial charge is 0.289 e. The summed E-state index contributed by atoms with van der Waals surface area (Å²) >= 11 is 6.08. The van der Waals surface area contributed by atoms with Crippen molar-refractivity contribution in [1.29, 1.82) is 0 Å². The molecule has 1 aromatic heterocycles. The molecule has 0 atom stereocenters. The predicted octanol–water partition coefficient (Wildman–Crippen LogP) is 4.38. The summed E-state index contributed by atoms with van der Waals surface area (Å²) < 4.78 is 0. The van der Waals surface area contributed by atoms with Gasteiger partial charge in [0.05, 0.1) is 16.9 Å². The molecule has 0 saturated heterocycles. The fourth-order valence-electron chi connectivity index (χ4n) is 2.27. The van der Waals surface area contributed by atoms with E-state index in [0.717, 1.165) is 16.7 Å². The van der Waals surface area contributed by atoms with Crippen LogP contribution in [-0.4, -0.2) is 22.3 Å². The van der Waals surface area contributed by atoms with Gasteiger partial charge in [0.15, 0.2) is 0 Å². The Morgan fingerprint density at radius 1 is 1.15 bits per heavy atom. The third kappa shape index (κ3) is 4.68. The highest BCUT2D eigenvalue weighted by Gasteiger charge is 2.10. The van der Waals surface area contributed by atoms with Crippen LogP contribution >= 0.6 is 11.6 Å². The first kappa shape index (κ1) is 17.6. The van der Waals surface area contributed by atoms with E-state index in [9.17, 15) is 4.79 Å². The third-order valence-electron chi connectivity index (χ3n) is 3.63. The van der Waals surface area contributed by atoms with Crippen LogP contribution in [0.1, 0.15) is 21.6 Å². The van der Waals surface area contributed by atoms with Crippen molar-refractivity contribution < 1.29 is 4.79 Å². The lowest BCUT2D eigenvalue weighted by Gasteiger charge is -1.97. The fraction of sp³-hybridized carbons (Fsp3) is 0.0500. The number of H-pyrrole nitrogens is 1. The molecule has 0 aliphatic carbocycles. The number of aryl methyl sites for hydroxylation is 1. The Hall–Kier alpha value is -3.18. The van der Waals surface area contributed by atoms with Crippen molar-refractivity contribution in [2.45, 2.75) is 6.92 Å². The average Bonchev–Trinajstić information content (AvgIpc) is 3.13. The highest BCUT2D eigenvalue weighted by Crippen LogP contribution is 2.18. The molecule has 0 bridgehead atoms. The van der Waals surface area contributed by atoms with Gasteiger partial charge in [-0.1, -0.05) is 71.8 Å². The fourth-order valence-corrected chi connectivity index (χ4v) is 2.44. The Morgan fingerprint density at radius 2 is 1.88 bits per heavy atom. The molecular weight excluding hydrogens is 348 g/mol. The van der Waals surface area contributed by atoms with Crippen LogP contribution in [0.4, 0.5) is 0 Å². The first-order valence-electron chi connectivity index (χ1n) is 8.00. The number of benzene rings is 2. The van der Waals surface area contributed by atoms with Crippen molar-refractivity contribution in [2.75, 3.05) is 0 Å². The number of carbonyl (C=O) groups is 1. The topological polar surface area (TPSA) is 70.1 Å². The summed E-state index contributed by atoms with van der Waals surface area (Å²) in [4.78, 5) is 12.1. The number of aromatic amines is 1. The van der Waals surface area contributed by atoms with Crippen LogP contribution in [0.15, 0.2) is 70.8 Å². The van der Waals surface area contributed by atoms with Gasteiger partial charge in [-0.2, -0.15) is 10.2 Å². The molecule has 0 aliphatic rings. The van der Waals surface area contributed by atoms with Gasteiger partial charge in [-0.25, -0.2) is 5.43 Å². The average molecular weight is 365 g/mol. The number of allylic oxidation sites excluding steroid dienone is 1. The molecule has 0 fully saturated rings. The summed E-state index contributed by atoms with van der Waals surface area (Å²) in [5.41, 5.74) is 6.49. The summed E-state index contributed by atoms with van der Waals surface area (Å²) in [5.74, 6) is -0.392. The molecule has 1 amide bonds. The second-order valence-corrected chi connectivity index (χ2v) is 6.11. The Morgan fingerprint density at radius 3 is 2.62 bits per heavy atom. The van der Waals surface area contributed by atoms with Crippen LogP contribution in [0.3, 0.4) is 0 Å². The maximum Gasteiger partial charge on any atom is 0.289 e.